The Bertz CT molecular complexity index is 849. The van der Waals surface area contributed by atoms with E-state index in [4.69, 9.17) is 14.2 Å². The molecule has 170 valence electrons. The molecule has 1 N–H and O–H groups in total. The van der Waals surface area contributed by atoms with Crippen LogP contribution in [0.1, 0.15) is 31.1 Å². The largest absolute Gasteiger partial charge is 0.458 e. The highest BCUT2D eigenvalue weighted by Gasteiger charge is 2.41. The van der Waals surface area contributed by atoms with Gasteiger partial charge in [0, 0.05) is 30.9 Å². The molecule has 0 radical (unpaired) electrons. The molecule has 0 bridgehead atoms. The van der Waals surface area contributed by atoms with Crippen molar-refractivity contribution in [2.24, 2.45) is 0 Å². The van der Waals surface area contributed by atoms with Crippen LogP contribution in [0.3, 0.4) is 0 Å². The van der Waals surface area contributed by atoms with E-state index in [0.29, 0.717) is 26.3 Å². The zero-order chi connectivity index (χ0) is 22.8. The Hall–Kier alpha value is -2.56. The van der Waals surface area contributed by atoms with Gasteiger partial charge in [-0.1, -0.05) is 0 Å². The number of morpholine rings is 2. The first-order valence-electron chi connectivity index (χ1n) is 10.1. The van der Waals surface area contributed by atoms with E-state index in [-0.39, 0.29) is 30.3 Å². The van der Waals surface area contributed by atoms with Crippen LogP contribution in [0.5, 0.6) is 0 Å². The molecule has 31 heavy (non-hydrogen) atoms. The second kappa shape index (κ2) is 9.29. The molecular weight excluding hydrogens is 411 g/mol. The maximum Gasteiger partial charge on any atom is 0.338 e. The van der Waals surface area contributed by atoms with E-state index in [1.807, 2.05) is 0 Å². The fraction of sp³-hybridized carbons (Fsp3) is 0.571. The molecule has 2 unspecified atom stereocenters. The Morgan fingerprint density at radius 1 is 1.16 bits per heavy atom. The maximum atomic E-state index is 14.3. The average molecular weight is 438 g/mol. The highest BCUT2D eigenvalue weighted by molar-refractivity contribution is 6.02. The number of aliphatic hydroxyl groups excluding tert-OH is 1. The third-order valence-corrected chi connectivity index (χ3v) is 4.80. The Labute approximate surface area is 179 Å². The predicted molar refractivity (Wildman–Crippen MR) is 107 cm³/mol. The number of nitrogens with zero attached hydrogens (tertiary/aromatic N) is 2. The molecule has 2 heterocycles. The molecule has 10 heteroatoms. The molecule has 2 saturated heterocycles. The van der Waals surface area contributed by atoms with Crippen LogP contribution in [0.25, 0.3) is 0 Å². The molecule has 1 aromatic rings. The van der Waals surface area contributed by atoms with Crippen LogP contribution in [0.4, 0.5) is 10.1 Å². The summed E-state index contributed by atoms with van der Waals surface area (Å²) in [5.74, 6) is -2.76. The molecule has 2 aliphatic rings. The van der Waals surface area contributed by atoms with Crippen molar-refractivity contribution in [1.29, 1.82) is 0 Å². The van der Waals surface area contributed by atoms with Crippen LogP contribution >= 0.6 is 0 Å². The van der Waals surface area contributed by atoms with Crippen molar-refractivity contribution < 1.29 is 38.1 Å². The molecule has 0 aromatic heterocycles. The van der Waals surface area contributed by atoms with Gasteiger partial charge in [-0.15, -0.1) is 0 Å². The summed E-state index contributed by atoms with van der Waals surface area (Å²) in [6, 6.07) is 3.65. The van der Waals surface area contributed by atoms with Gasteiger partial charge in [-0.25, -0.2) is 9.18 Å². The van der Waals surface area contributed by atoms with Gasteiger partial charge in [-0.3, -0.25) is 9.59 Å². The van der Waals surface area contributed by atoms with E-state index < -0.39 is 35.5 Å². The minimum atomic E-state index is -1.84. The second-order valence-corrected chi connectivity index (χ2v) is 8.36. The van der Waals surface area contributed by atoms with Gasteiger partial charge in [0.2, 0.25) is 0 Å². The van der Waals surface area contributed by atoms with Crippen LogP contribution in [0, 0.1) is 5.82 Å². The van der Waals surface area contributed by atoms with Gasteiger partial charge in [0.1, 0.15) is 11.4 Å². The lowest BCUT2D eigenvalue weighted by atomic mass is 10.1. The van der Waals surface area contributed by atoms with Crippen molar-refractivity contribution in [2.75, 3.05) is 44.4 Å². The summed E-state index contributed by atoms with van der Waals surface area (Å²) in [6.07, 6.45) is -3.33. The van der Waals surface area contributed by atoms with Crippen molar-refractivity contribution in [3.05, 3.63) is 29.6 Å². The number of carbonyl (C=O) groups is 3. The number of benzene rings is 1. The van der Waals surface area contributed by atoms with Crippen LogP contribution in [-0.2, 0) is 23.8 Å². The van der Waals surface area contributed by atoms with Gasteiger partial charge in [0.15, 0.2) is 12.2 Å². The number of hydrogen-bond donors (Lipinski definition) is 1. The first kappa shape index (κ1) is 23.1. The Kier molecular flexibility index (Phi) is 6.93. The maximum absolute atomic E-state index is 14.3. The molecule has 2 fully saturated rings. The summed E-state index contributed by atoms with van der Waals surface area (Å²) in [7, 11) is 0. The number of hydrogen-bond acceptors (Lipinski definition) is 7. The number of rotatable bonds is 4. The topological polar surface area (TPSA) is 106 Å². The number of ether oxygens (including phenoxy) is 3. The van der Waals surface area contributed by atoms with E-state index in [9.17, 15) is 23.9 Å². The molecule has 3 rings (SSSR count). The SMILES string of the molecule is CC(C)(C)OC(=O)C(O)C1OCCN(c2cc(F)cc(C(=O)N3CCOCC3)c2)C1=O. The fourth-order valence-electron chi connectivity index (χ4n) is 3.38. The Balaban J connectivity index is 1.80. The lowest BCUT2D eigenvalue weighted by Gasteiger charge is -2.35. The van der Waals surface area contributed by atoms with E-state index in [2.05, 4.69) is 0 Å². The molecule has 1 aromatic carbocycles. The summed E-state index contributed by atoms with van der Waals surface area (Å²) >= 11 is 0. The van der Waals surface area contributed by atoms with Crippen molar-refractivity contribution in [3.63, 3.8) is 0 Å². The van der Waals surface area contributed by atoms with E-state index >= 15 is 0 Å². The number of esters is 1. The zero-order valence-electron chi connectivity index (χ0n) is 17.8. The number of anilines is 1. The molecule has 0 saturated carbocycles. The molecule has 2 aliphatic heterocycles. The van der Waals surface area contributed by atoms with E-state index in [0.717, 1.165) is 12.1 Å². The number of amides is 2. The van der Waals surface area contributed by atoms with Gasteiger partial charge in [-0.2, -0.15) is 0 Å². The summed E-state index contributed by atoms with van der Waals surface area (Å²) < 4.78 is 30.0. The van der Waals surface area contributed by atoms with Crippen LogP contribution in [0.15, 0.2) is 18.2 Å². The van der Waals surface area contributed by atoms with E-state index in [1.54, 1.807) is 25.7 Å². The zero-order valence-corrected chi connectivity index (χ0v) is 17.8. The summed E-state index contributed by atoms with van der Waals surface area (Å²) in [5, 5.41) is 10.3. The number of carbonyl (C=O) groups excluding carboxylic acids is 3. The fourth-order valence-corrected chi connectivity index (χ4v) is 3.38. The Morgan fingerprint density at radius 2 is 1.84 bits per heavy atom. The van der Waals surface area contributed by atoms with Crippen molar-refractivity contribution in [2.45, 2.75) is 38.6 Å². The molecule has 2 atom stereocenters. The third kappa shape index (κ3) is 5.57. The van der Waals surface area contributed by atoms with Crippen molar-refractivity contribution in [3.8, 4) is 0 Å². The standard InChI is InChI=1S/C21H27FN2O7/c1-21(2,3)31-20(28)16(25)17-19(27)24(6-9-30-17)15-11-13(10-14(22)12-15)18(26)23-4-7-29-8-5-23/h10-12,16-17,25H,4-9H2,1-3H3. The lowest BCUT2D eigenvalue weighted by Crippen LogP contribution is -2.55. The van der Waals surface area contributed by atoms with Gasteiger partial charge in [0.25, 0.3) is 11.8 Å². The van der Waals surface area contributed by atoms with Gasteiger partial charge in [-0.05, 0) is 39.0 Å². The first-order chi connectivity index (χ1) is 14.6. The van der Waals surface area contributed by atoms with Gasteiger partial charge >= 0.3 is 5.97 Å². The van der Waals surface area contributed by atoms with Crippen molar-refractivity contribution in [1.82, 2.24) is 4.90 Å². The molecule has 9 nitrogen and oxygen atoms in total. The highest BCUT2D eigenvalue weighted by Crippen LogP contribution is 2.25. The number of aliphatic hydroxyl groups is 1. The minimum Gasteiger partial charge on any atom is -0.458 e. The Morgan fingerprint density at radius 3 is 2.48 bits per heavy atom. The van der Waals surface area contributed by atoms with Crippen molar-refractivity contribution >= 4 is 23.5 Å². The van der Waals surface area contributed by atoms with Gasteiger partial charge in [0.05, 0.1) is 19.8 Å². The predicted octanol–water partition coefficient (Wildman–Crippen LogP) is 0.732. The quantitative estimate of drug-likeness (QED) is 0.691. The normalized spacial score (nSPS) is 21.1. The smallest absolute Gasteiger partial charge is 0.338 e. The summed E-state index contributed by atoms with van der Waals surface area (Å²) in [5.41, 5.74) is -0.612. The molecule has 0 spiro atoms. The average Bonchev–Trinajstić information content (AvgIpc) is 2.72. The third-order valence-electron chi connectivity index (χ3n) is 4.80. The molecular formula is C21H27FN2O7. The molecule has 0 aliphatic carbocycles. The second-order valence-electron chi connectivity index (χ2n) is 8.36. The summed E-state index contributed by atoms with van der Waals surface area (Å²) in [4.78, 5) is 40.6. The summed E-state index contributed by atoms with van der Waals surface area (Å²) in [6.45, 7) is 6.58. The number of halogens is 1. The highest BCUT2D eigenvalue weighted by atomic mass is 19.1. The van der Waals surface area contributed by atoms with Gasteiger partial charge < -0.3 is 29.1 Å². The van der Waals surface area contributed by atoms with Crippen LogP contribution < -0.4 is 4.90 Å². The van der Waals surface area contributed by atoms with E-state index in [1.165, 1.54) is 11.0 Å². The first-order valence-corrected chi connectivity index (χ1v) is 10.1. The van der Waals surface area contributed by atoms with Crippen LogP contribution in [-0.4, -0.2) is 85.1 Å². The molecule has 2 amide bonds. The monoisotopic (exact) mass is 438 g/mol. The minimum absolute atomic E-state index is 0.0134. The van der Waals surface area contributed by atoms with Crippen LogP contribution in [0.2, 0.25) is 0 Å². The lowest BCUT2D eigenvalue weighted by molar-refractivity contribution is -0.177.